The lowest BCUT2D eigenvalue weighted by Crippen LogP contribution is -2.38. The zero-order valence-corrected chi connectivity index (χ0v) is 9.89. The molecule has 14 heavy (non-hydrogen) atoms. The smallest absolute Gasteiger partial charge is 0.0221 e. The van der Waals surface area contributed by atoms with Gasteiger partial charge in [-0.3, -0.25) is 4.90 Å². The van der Waals surface area contributed by atoms with Gasteiger partial charge in [0, 0.05) is 12.6 Å². The highest BCUT2D eigenvalue weighted by atomic mass is 15.2. The van der Waals surface area contributed by atoms with Gasteiger partial charge >= 0.3 is 0 Å². The molecule has 1 saturated heterocycles. The number of likely N-dealkylation sites (tertiary alicyclic amines) is 1. The van der Waals surface area contributed by atoms with Gasteiger partial charge in [-0.05, 0) is 45.3 Å². The van der Waals surface area contributed by atoms with Crippen molar-refractivity contribution in [2.24, 2.45) is 0 Å². The first-order valence-corrected chi connectivity index (χ1v) is 6.33. The van der Waals surface area contributed by atoms with Crippen LogP contribution >= 0.6 is 0 Å². The van der Waals surface area contributed by atoms with Crippen LogP contribution in [-0.4, -0.2) is 37.1 Å². The van der Waals surface area contributed by atoms with E-state index in [4.69, 9.17) is 0 Å². The van der Waals surface area contributed by atoms with Crippen molar-refractivity contribution in [2.75, 3.05) is 26.2 Å². The first kappa shape index (κ1) is 12.0. The van der Waals surface area contributed by atoms with Gasteiger partial charge in [-0.1, -0.05) is 20.3 Å². The second-order valence-electron chi connectivity index (χ2n) is 4.39. The van der Waals surface area contributed by atoms with Crippen molar-refractivity contribution >= 4 is 0 Å². The normalized spacial score (nSPS) is 23.1. The zero-order chi connectivity index (χ0) is 10.2. The molecule has 1 rings (SSSR count). The molecule has 1 atom stereocenters. The molecule has 0 aliphatic carbocycles. The van der Waals surface area contributed by atoms with Crippen LogP contribution in [0.25, 0.3) is 0 Å². The second-order valence-corrected chi connectivity index (χ2v) is 4.39. The van der Waals surface area contributed by atoms with Crippen LogP contribution in [0.4, 0.5) is 0 Å². The molecule has 0 amide bonds. The van der Waals surface area contributed by atoms with E-state index in [1.807, 2.05) is 0 Å². The Hall–Kier alpha value is -0.0800. The minimum Gasteiger partial charge on any atom is -0.315 e. The molecule has 1 fully saturated rings. The van der Waals surface area contributed by atoms with Gasteiger partial charge < -0.3 is 5.32 Å². The minimum absolute atomic E-state index is 0.826. The predicted molar refractivity (Wildman–Crippen MR) is 62.7 cm³/mol. The van der Waals surface area contributed by atoms with Crippen LogP contribution in [0, 0.1) is 0 Å². The Morgan fingerprint density at radius 1 is 1.29 bits per heavy atom. The van der Waals surface area contributed by atoms with Crippen LogP contribution in [0.15, 0.2) is 0 Å². The molecular formula is C12H26N2. The van der Waals surface area contributed by atoms with E-state index in [-0.39, 0.29) is 0 Å². The molecule has 1 N–H and O–H groups in total. The quantitative estimate of drug-likeness (QED) is 0.631. The van der Waals surface area contributed by atoms with Crippen molar-refractivity contribution in [3.63, 3.8) is 0 Å². The van der Waals surface area contributed by atoms with E-state index in [1.165, 1.54) is 58.3 Å². The van der Waals surface area contributed by atoms with Gasteiger partial charge in [0.15, 0.2) is 0 Å². The fraction of sp³-hybridized carbons (Fsp3) is 1.00. The van der Waals surface area contributed by atoms with E-state index in [0.29, 0.717) is 0 Å². The van der Waals surface area contributed by atoms with Gasteiger partial charge in [0.05, 0.1) is 0 Å². The SMILES string of the molecule is CCCCNCC1CCCN1CCC. The predicted octanol–water partition coefficient (Wildman–Crippen LogP) is 2.25. The van der Waals surface area contributed by atoms with Crippen molar-refractivity contribution in [1.82, 2.24) is 10.2 Å². The highest BCUT2D eigenvalue weighted by molar-refractivity contribution is 4.80. The Bertz CT molecular complexity index is 136. The standard InChI is InChI=1S/C12H26N2/c1-3-5-8-13-11-12-7-6-10-14(12)9-4-2/h12-13H,3-11H2,1-2H3. The Kier molecular flexibility index (Phi) is 6.20. The van der Waals surface area contributed by atoms with E-state index in [2.05, 4.69) is 24.1 Å². The van der Waals surface area contributed by atoms with Gasteiger partial charge in [0.25, 0.3) is 0 Å². The van der Waals surface area contributed by atoms with E-state index in [9.17, 15) is 0 Å². The molecule has 1 aliphatic heterocycles. The summed E-state index contributed by atoms with van der Waals surface area (Å²) in [4.78, 5) is 2.65. The molecule has 1 heterocycles. The summed E-state index contributed by atoms with van der Waals surface area (Å²) in [5, 5.41) is 3.57. The first-order chi connectivity index (χ1) is 6.88. The topological polar surface area (TPSA) is 15.3 Å². The number of nitrogens with zero attached hydrogens (tertiary/aromatic N) is 1. The summed E-state index contributed by atoms with van der Waals surface area (Å²) in [6.07, 6.45) is 6.72. The molecule has 0 aromatic rings. The lowest BCUT2D eigenvalue weighted by atomic mass is 10.2. The van der Waals surface area contributed by atoms with Crippen LogP contribution in [0.1, 0.15) is 46.0 Å². The van der Waals surface area contributed by atoms with Crippen molar-refractivity contribution in [3.8, 4) is 0 Å². The van der Waals surface area contributed by atoms with Crippen molar-refractivity contribution in [1.29, 1.82) is 0 Å². The Labute approximate surface area is 89.1 Å². The van der Waals surface area contributed by atoms with Crippen molar-refractivity contribution in [2.45, 2.75) is 52.0 Å². The fourth-order valence-electron chi connectivity index (χ4n) is 2.28. The van der Waals surface area contributed by atoms with Gasteiger partial charge in [0.2, 0.25) is 0 Å². The Balaban J connectivity index is 2.09. The lowest BCUT2D eigenvalue weighted by molar-refractivity contribution is 0.248. The summed E-state index contributed by atoms with van der Waals surface area (Å²) in [5.74, 6) is 0. The summed E-state index contributed by atoms with van der Waals surface area (Å²) >= 11 is 0. The van der Waals surface area contributed by atoms with E-state index in [0.717, 1.165) is 6.04 Å². The maximum Gasteiger partial charge on any atom is 0.0221 e. The van der Waals surface area contributed by atoms with Crippen LogP contribution in [-0.2, 0) is 0 Å². The number of nitrogens with one attached hydrogen (secondary N) is 1. The number of hydrogen-bond acceptors (Lipinski definition) is 2. The van der Waals surface area contributed by atoms with Crippen LogP contribution in [0.2, 0.25) is 0 Å². The summed E-state index contributed by atoms with van der Waals surface area (Å²) < 4.78 is 0. The summed E-state index contributed by atoms with van der Waals surface area (Å²) in [7, 11) is 0. The van der Waals surface area contributed by atoms with E-state index >= 15 is 0 Å². The molecule has 0 radical (unpaired) electrons. The number of unbranched alkanes of at least 4 members (excludes halogenated alkanes) is 1. The maximum absolute atomic E-state index is 3.57. The van der Waals surface area contributed by atoms with E-state index < -0.39 is 0 Å². The molecule has 0 spiro atoms. The van der Waals surface area contributed by atoms with E-state index in [1.54, 1.807) is 0 Å². The fourth-order valence-corrected chi connectivity index (χ4v) is 2.28. The lowest BCUT2D eigenvalue weighted by Gasteiger charge is -2.24. The average Bonchev–Trinajstić information content (AvgIpc) is 2.61. The minimum atomic E-state index is 0.826. The summed E-state index contributed by atoms with van der Waals surface area (Å²) in [5.41, 5.74) is 0. The summed E-state index contributed by atoms with van der Waals surface area (Å²) in [6.45, 7) is 9.56. The number of hydrogen-bond donors (Lipinski definition) is 1. The second kappa shape index (κ2) is 7.24. The van der Waals surface area contributed by atoms with Gasteiger partial charge in [-0.25, -0.2) is 0 Å². The molecular weight excluding hydrogens is 172 g/mol. The molecule has 2 nitrogen and oxygen atoms in total. The van der Waals surface area contributed by atoms with Crippen molar-refractivity contribution < 1.29 is 0 Å². The maximum atomic E-state index is 3.57. The first-order valence-electron chi connectivity index (χ1n) is 6.33. The summed E-state index contributed by atoms with van der Waals surface area (Å²) in [6, 6.07) is 0.826. The highest BCUT2D eigenvalue weighted by Gasteiger charge is 2.22. The third-order valence-corrected chi connectivity index (χ3v) is 3.10. The van der Waals surface area contributed by atoms with Gasteiger partial charge in [0.1, 0.15) is 0 Å². The number of rotatable bonds is 7. The highest BCUT2D eigenvalue weighted by Crippen LogP contribution is 2.16. The molecule has 0 saturated carbocycles. The van der Waals surface area contributed by atoms with Crippen LogP contribution in [0.5, 0.6) is 0 Å². The Morgan fingerprint density at radius 2 is 2.14 bits per heavy atom. The van der Waals surface area contributed by atoms with Crippen LogP contribution in [0.3, 0.4) is 0 Å². The van der Waals surface area contributed by atoms with Gasteiger partial charge in [-0.2, -0.15) is 0 Å². The molecule has 1 aliphatic rings. The van der Waals surface area contributed by atoms with Gasteiger partial charge in [-0.15, -0.1) is 0 Å². The molecule has 2 heteroatoms. The molecule has 84 valence electrons. The molecule has 0 bridgehead atoms. The third kappa shape index (κ3) is 3.97. The monoisotopic (exact) mass is 198 g/mol. The molecule has 0 aromatic carbocycles. The third-order valence-electron chi connectivity index (χ3n) is 3.10. The molecule has 1 unspecified atom stereocenters. The van der Waals surface area contributed by atoms with Crippen LogP contribution < -0.4 is 5.32 Å². The average molecular weight is 198 g/mol. The van der Waals surface area contributed by atoms with Crippen molar-refractivity contribution in [3.05, 3.63) is 0 Å². The zero-order valence-electron chi connectivity index (χ0n) is 9.89. The Morgan fingerprint density at radius 3 is 2.86 bits per heavy atom. The largest absolute Gasteiger partial charge is 0.315 e. The molecule has 0 aromatic heterocycles.